The summed E-state index contributed by atoms with van der Waals surface area (Å²) in [6.07, 6.45) is 1.82. The van der Waals surface area contributed by atoms with Crippen LogP contribution in [0.5, 0.6) is 0 Å². The van der Waals surface area contributed by atoms with E-state index in [0.29, 0.717) is 12.0 Å². The van der Waals surface area contributed by atoms with Crippen LogP contribution in [-0.4, -0.2) is 42.9 Å². The number of ether oxygens (including phenoxy) is 1. The van der Waals surface area contributed by atoms with Crippen LogP contribution in [0.1, 0.15) is 48.7 Å². The minimum atomic E-state index is -0.529. The lowest BCUT2D eigenvalue weighted by Gasteiger charge is -2.29. The predicted octanol–water partition coefficient (Wildman–Crippen LogP) is 2.70. The number of hydrogen-bond acceptors (Lipinski definition) is 4. The van der Waals surface area contributed by atoms with E-state index in [0.717, 1.165) is 24.0 Å². The highest BCUT2D eigenvalue weighted by atomic mass is 16.7. The van der Waals surface area contributed by atoms with Crippen molar-refractivity contribution in [1.29, 1.82) is 0 Å². The predicted molar refractivity (Wildman–Crippen MR) is 90.7 cm³/mol. The monoisotopic (exact) mass is 334 g/mol. The molecule has 1 N–H and O–H groups in total. The molecule has 0 heterocycles. The molecular formula is C18H26N2O4. The zero-order valence-electron chi connectivity index (χ0n) is 15.0. The Hall–Kier alpha value is -2.08. The normalized spacial score (nSPS) is 17.0. The van der Waals surface area contributed by atoms with Gasteiger partial charge in [0.2, 0.25) is 0 Å². The zero-order chi connectivity index (χ0) is 17.9. The Morgan fingerprint density at radius 1 is 1.29 bits per heavy atom. The van der Waals surface area contributed by atoms with E-state index in [2.05, 4.69) is 5.32 Å². The van der Waals surface area contributed by atoms with Crippen molar-refractivity contribution in [2.45, 2.75) is 51.7 Å². The number of benzene rings is 1. The maximum Gasteiger partial charge on any atom is 0.407 e. The van der Waals surface area contributed by atoms with Crippen LogP contribution >= 0.6 is 0 Å². The molecular weight excluding hydrogens is 308 g/mol. The quantitative estimate of drug-likeness (QED) is 0.863. The molecule has 1 atom stereocenters. The number of carbonyl (C=O) groups is 2. The number of aryl methyl sites for hydroxylation is 1. The highest BCUT2D eigenvalue weighted by molar-refractivity contribution is 5.95. The molecule has 1 aliphatic carbocycles. The lowest BCUT2D eigenvalue weighted by Crippen LogP contribution is -2.42. The van der Waals surface area contributed by atoms with Gasteiger partial charge in [-0.3, -0.25) is 9.63 Å². The molecule has 24 heavy (non-hydrogen) atoms. The molecule has 0 bridgehead atoms. The highest BCUT2D eigenvalue weighted by Gasteiger charge is 2.27. The Labute approximate surface area is 143 Å². The summed E-state index contributed by atoms with van der Waals surface area (Å²) in [6, 6.07) is 5.67. The van der Waals surface area contributed by atoms with Crippen molar-refractivity contribution in [2.75, 3.05) is 14.2 Å². The Kier molecular flexibility index (Phi) is 5.49. The first-order valence-electron chi connectivity index (χ1n) is 8.13. The van der Waals surface area contributed by atoms with Crippen molar-refractivity contribution in [3.63, 3.8) is 0 Å². The van der Waals surface area contributed by atoms with Crippen molar-refractivity contribution in [3.8, 4) is 0 Å². The topological polar surface area (TPSA) is 67.9 Å². The molecule has 2 rings (SSSR count). The van der Waals surface area contributed by atoms with Crippen molar-refractivity contribution >= 4 is 12.0 Å². The SMILES string of the molecule is CON(C)C(=O)c1cccc2c1CC(NC(=O)OC(C)(C)C)CC2. The highest BCUT2D eigenvalue weighted by Crippen LogP contribution is 2.26. The van der Waals surface area contributed by atoms with Gasteiger partial charge in [0.15, 0.2) is 0 Å². The molecule has 6 heteroatoms. The van der Waals surface area contributed by atoms with Crippen LogP contribution in [0.2, 0.25) is 0 Å². The number of carbonyl (C=O) groups excluding carboxylic acids is 2. The Morgan fingerprint density at radius 3 is 2.62 bits per heavy atom. The molecule has 0 aromatic heterocycles. The van der Waals surface area contributed by atoms with Gasteiger partial charge in [-0.1, -0.05) is 12.1 Å². The van der Waals surface area contributed by atoms with Gasteiger partial charge in [0.25, 0.3) is 5.91 Å². The van der Waals surface area contributed by atoms with Gasteiger partial charge in [-0.05, 0) is 57.2 Å². The van der Waals surface area contributed by atoms with Gasteiger partial charge in [-0.2, -0.15) is 0 Å². The summed E-state index contributed by atoms with van der Waals surface area (Å²) in [5.74, 6) is -0.188. The number of fused-ring (bicyclic) bond motifs is 1. The second kappa shape index (κ2) is 7.21. The maximum atomic E-state index is 12.5. The number of rotatable bonds is 3. The van der Waals surface area contributed by atoms with Crippen LogP contribution in [0.25, 0.3) is 0 Å². The van der Waals surface area contributed by atoms with Crippen LogP contribution in [0, 0.1) is 0 Å². The van der Waals surface area contributed by atoms with E-state index in [4.69, 9.17) is 9.57 Å². The summed E-state index contributed by atoms with van der Waals surface area (Å²) in [5, 5.41) is 4.12. The van der Waals surface area contributed by atoms with Gasteiger partial charge in [0.05, 0.1) is 7.11 Å². The molecule has 0 radical (unpaired) electrons. The van der Waals surface area contributed by atoms with Gasteiger partial charge < -0.3 is 10.1 Å². The van der Waals surface area contributed by atoms with Crippen molar-refractivity contribution in [1.82, 2.24) is 10.4 Å². The van der Waals surface area contributed by atoms with Crippen LogP contribution in [0.4, 0.5) is 4.79 Å². The van der Waals surface area contributed by atoms with Crippen LogP contribution < -0.4 is 5.32 Å². The van der Waals surface area contributed by atoms with Gasteiger partial charge >= 0.3 is 6.09 Å². The summed E-state index contributed by atoms with van der Waals surface area (Å²) in [6.45, 7) is 5.50. The molecule has 0 saturated carbocycles. The van der Waals surface area contributed by atoms with Crippen molar-refractivity contribution in [2.24, 2.45) is 0 Å². The van der Waals surface area contributed by atoms with E-state index < -0.39 is 11.7 Å². The number of nitrogens with zero attached hydrogens (tertiary/aromatic N) is 1. The molecule has 1 aromatic rings. The Morgan fingerprint density at radius 2 is 2.00 bits per heavy atom. The van der Waals surface area contributed by atoms with Gasteiger partial charge in [0, 0.05) is 18.7 Å². The van der Waals surface area contributed by atoms with Crippen molar-refractivity contribution < 1.29 is 19.2 Å². The summed E-state index contributed by atoms with van der Waals surface area (Å²) < 4.78 is 5.32. The summed E-state index contributed by atoms with van der Waals surface area (Å²) in [4.78, 5) is 29.4. The molecule has 0 aliphatic heterocycles. The number of amides is 2. The molecule has 6 nitrogen and oxygen atoms in total. The molecule has 1 aliphatic rings. The van der Waals surface area contributed by atoms with Gasteiger partial charge in [-0.15, -0.1) is 0 Å². The lowest BCUT2D eigenvalue weighted by molar-refractivity contribution is -0.0757. The average molecular weight is 334 g/mol. The number of alkyl carbamates (subject to hydrolysis) is 1. The van der Waals surface area contributed by atoms with Gasteiger partial charge in [-0.25, -0.2) is 9.86 Å². The second-order valence-electron chi connectivity index (χ2n) is 7.01. The summed E-state index contributed by atoms with van der Waals surface area (Å²) in [5.41, 5.74) is 2.21. The second-order valence-corrected chi connectivity index (χ2v) is 7.01. The fourth-order valence-corrected chi connectivity index (χ4v) is 2.84. The van der Waals surface area contributed by atoms with Gasteiger partial charge in [0.1, 0.15) is 5.60 Å². The van der Waals surface area contributed by atoms with Crippen LogP contribution in [0.15, 0.2) is 18.2 Å². The smallest absolute Gasteiger partial charge is 0.407 e. The lowest BCUT2D eigenvalue weighted by atomic mass is 9.85. The molecule has 0 fully saturated rings. The van der Waals surface area contributed by atoms with Crippen molar-refractivity contribution in [3.05, 3.63) is 34.9 Å². The average Bonchev–Trinajstić information content (AvgIpc) is 2.50. The molecule has 2 amide bonds. The van der Waals surface area contributed by atoms with Crippen LogP contribution in [0.3, 0.4) is 0 Å². The van der Waals surface area contributed by atoms with E-state index in [-0.39, 0.29) is 11.9 Å². The fraction of sp³-hybridized carbons (Fsp3) is 0.556. The zero-order valence-corrected chi connectivity index (χ0v) is 15.0. The number of nitrogens with one attached hydrogen (secondary N) is 1. The molecule has 0 saturated heterocycles. The van der Waals surface area contributed by atoms with E-state index in [1.807, 2.05) is 32.9 Å². The third-order valence-electron chi connectivity index (χ3n) is 4.00. The largest absolute Gasteiger partial charge is 0.444 e. The molecule has 132 valence electrons. The first kappa shape index (κ1) is 18.3. The van der Waals surface area contributed by atoms with E-state index in [1.54, 1.807) is 13.1 Å². The molecule has 1 unspecified atom stereocenters. The summed E-state index contributed by atoms with van der Waals surface area (Å²) in [7, 11) is 3.04. The standard InChI is InChI=1S/C18H26N2O4/c1-18(2,3)24-17(22)19-13-10-9-12-7-6-8-14(15(12)11-13)16(21)20(4)23-5/h6-8,13H,9-11H2,1-5H3,(H,19,22). The molecule has 1 aromatic carbocycles. The fourth-order valence-electron chi connectivity index (χ4n) is 2.84. The van der Waals surface area contributed by atoms with E-state index in [9.17, 15) is 9.59 Å². The minimum Gasteiger partial charge on any atom is -0.444 e. The third kappa shape index (κ3) is 4.47. The van der Waals surface area contributed by atoms with E-state index in [1.165, 1.54) is 12.2 Å². The maximum absolute atomic E-state index is 12.5. The first-order chi connectivity index (χ1) is 11.2. The van der Waals surface area contributed by atoms with Crippen LogP contribution in [-0.2, 0) is 22.4 Å². The summed E-state index contributed by atoms with van der Waals surface area (Å²) >= 11 is 0. The third-order valence-corrected chi connectivity index (χ3v) is 4.00. The first-order valence-corrected chi connectivity index (χ1v) is 8.13. The molecule has 0 spiro atoms. The number of hydroxylamine groups is 2. The Bertz CT molecular complexity index is 622. The number of hydrogen-bond donors (Lipinski definition) is 1. The van der Waals surface area contributed by atoms with E-state index >= 15 is 0 Å². The Balaban J connectivity index is 2.14. The minimum absolute atomic E-state index is 0.0471.